The lowest BCUT2D eigenvalue weighted by atomic mass is 9.76. The molecule has 0 radical (unpaired) electrons. The fourth-order valence-corrected chi connectivity index (χ4v) is 4.52. The van der Waals surface area contributed by atoms with Crippen molar-refractivity contribution >= 4 is 23.4 Å². The zero-order valence-electron chi connectivity index (χ0n) is 13.8. The van der Waals surface area contributed by atoms with Gasteiger partial charge in [0.05, 0.1) is 11.8 Å². The average Bonchev–Trinajstić information content (AvgIpc) is 3.12. The van der Waals surface area contributed by atoms with Crippen molar-refractivity contribution in [1.82, 2.24) is 10.2 Å². The number of likely N-dealkylation sites (tertiary alicyclic amines) is 1. The Morgan fingerprint density at radius 3 is 2.67 bits per heavy atom. The van der Waals surface area contributed by atoms with Gasteiger partial charge in [-0.05, 0) is 19.4 Å². The third-order valence-electron chi connectivity index (χ3n) is 5.60. The van der Waals surface area contributed by atoms with Crippen molar-refractivity contribution < 1.29 is 14.4 Å². The van der Waals surface area contributed by atoms with Gasteiger partial charge in [-0.15, -0.1) is 0 Å². The summed E-state index contributed by atoms with van der Waals surface area (Å²) in [4.78, 5) is 40.1. The maximum atomic E-state index is 13.1. The Kier molecular flexibility index (Phi) is 3.28. The lowest BCUT2D eigenvalue weighted by molar-refractivity contribution is -0.142. The molecule has 1 aromatic rings. The molecule has 6 heteroatoms. The first kappa shape index (κ1) is 15.3. The Bertz CT molecular complexity index is 747. The predicted molar refractivity (Wildman–Crippen MR) is 88.0 cm³/mol. The van der Waals surface area contributed by atoms with Crippen LogP contribution in [0.2, 0.25) is 0 Å². The van der Waals surface area contributed by atoms with Gasteiger partial charge >= 0.3 is 0 Å². The van der Waals surface area contributed by atoms with Gasteiger partial charge < -0.3 is 5.32 Å². The highest BCUT2D eigenvalue weighted by Crippen LogP contribution is 2.52. The lowest BCUT2D eigenvalue weighted by Gasteiger charge is -2.29. The quantitative estimate of drug-likeness (QED) is 0.819. The van der Waals surface area contributed by atoms with Gasteiger partial charge in [0.1, 0.15) is 5.54 Å². The Labute approximate surface area is 140 Å². The van der Waals surface area contributed by atoms with E-state index < -0.39 is 17.4 Å². The number of carbonyl (C=O) groups is 3. The van der Waals surface area contributed by atoms with Gasteiger partial charge in [-0.1, -0.05) is 31.5 Å². The molecule has 4 atom stereocenters. The summed E-state index contributed by atoms with van der Waals surface area (Å²) in [6.45, 7) is 4.35. The first-order chi connectivity index (χ1) is 11.5. The fourth-order valence-electron chi connectivity index (χ4n) is 4.52. The first-order valence-electron chi connectivity index (χ1n) is 8.56. The van der Waals surface area contributed by atoms with Crippen molar-refractivity contribution in [1.29, 1.82) is 0 Å². The largest absolute Gasteiger partial charge is 0.324 e. The van der Waals surface area contributed by atoms with Crippen LogP contribution >= 0.6 is 0 Å². The fraction of sp³-hybridized carbons (Fsp3) is 0.500. The van der Waals surface area contributed by atoms with E-state index in [0.29, 0.717) is 6.54 Å². The van der Waals surface area contributed by atoms with Crippen LogP contribution in [-0.4, -0.2) is 35.2 Å². The second-order valence-electron chi connectivity index (χ2n) is 6.93. The summed E-state index contributed by atoms with van der Waals surface area (Å²) in [5, 5.41) is 6.17. The summed E-state index contributed by atoms with van der Waals surface area (Å²) >= 11 is 0. The van der Waals surface area contributed by atoms with Gasteiger partial charge in [-0.25, -0.2) is 0 Å². The van der Waals surface area contributed by atoms with Crippen LogP contribution < -0.4 is 10.6 Å². The summed E-state index contributed by atoms with van der Waals surface area (Å²) in [7, 11) is 0. The topological polar surface area (TPSA) is 78.5 Å². The van der Waals surface area contributed by atoms with Gasteiger partial charge in [0.25, 0.3) is 0 Å². The van der Waals surface area contributed by atoms with E-state index in [2.05, 4.69) is 10.6 Å². The first-order valence-corrected chi connectivity index (χ1v) is 8.56. The molecule has 0 saturated carbocycles. The molecule has 3 aliphatic rings. The molecule has 126 valence electrons. The van der Waals surface area contributed by atoms with E-state index in [0.717, 1.165) is 24.1 Å². The van der Waals surface area contributed by atoms with Crippen LogP contribution in [0.5, 0.6) is 0 Å². The molecule has 0 bridgehead atoms. The number of amides is 3. The van der Waals surface area contributed by atoms with Gasteiger partial charge in [-0.3, -0.25) is 24.6 Å². The Balaban J connectivity index is 1.82. The molecule has 4 rings (SSSR count). The van der Waals surface area contributed by atoms with Crippen LogP contribution in [0.25, 0.3) is 0 Å². The maximum Gasteiger partial charge on any atom is 0.250 e. The molecule has 0 aromatic heterocycles. The highest BCUT2D eigenvalue weighted by molar-refractivity contribution is 6.15. The predicted octanol–water partition coefficient (Wildman–Crippen LogP) is 1.23. The minimum absolute atomic E-state index is 0.146. The monoisotopic (exact) mass is 327 g/mol. The number of nitrogens with zero attached hydrogens (tertiary/aromatic N) is 1. The minimum Gasteiger partial charge on any atom is -0.324 e. The highest BCUT2D eigenvalue weighted by atomic mass is 16.2. The number of nitrogens with one attached hydrogen (secondary N) is 2. The van der Waals surface area contributed by atoms with Crippen LogP contribution in [0.4, 0.5) is 5.69 Å². The summed E-state index contributed by atoms with van der Waals surface area (Å²) in [6.07, 6.45) is 1.70. The van der Waals surface area contributed by atoms with Gasteiger partial charge in [0, 0.05) is 23.8 Å². The summed E-state index contributed by atoms with van der Waals surface area (Å²) in [5.41, 5.74) is 0.358. The molecule has 1 spiro atoms. The Morgan fingerprint density at radius 1 is 1.17 bits per heavy atom. The van der Waals surface area contributed by atoms with E-state index in [4.69, 9.17) is 0 Å². The van der Waals surface area contributed by atoms with Crippen molar-refractivity contribution in [2.24, 2.45) is 11.8 Å². The third kappa shape index (κ3) is 1.72. The van der Waals surface area contributed by atoms with Crippen LogP contribution in [-0.2, 0) is 19.9 Å². The molecule has 24 heavy (non-hydrogen) atoms. The van der Waals surface area contributed by atoms with Crippen molar-refractivity contribution in [3.05, 3.63) is 29.8 Å². The maximum absolute atomic E-state index is 13.1. The molecule has 1 aromatic carbocycles. The van der Waals surface area contributed by atoms with Crippen LogP contribution in [0.1, 0.15) is 32.3 Å². The number of rotatable bonds is 3. The molecular formula is C18H21N3O3. The molecule has 6 nitrogen and oxygen atoms in total. The standard InChI is InChI=1S/C18H21N3O3/c1-3-4-9-21-15(22)13-10(2)20-18(14(13)16(21)23)11-7-5-6-8-12(11)19-17(18)24/h5-8,10,13-14,20H,3-4,9H2,1-2H3,(H,19,24)/t10-,13-,14+,18+/m1/s1. The van der Waals surface area contributed by atoms with Crippen LogP contribution in [0.15, 0.2) is 24.3 Å². The number of para-hydroxylation sites is 1. The molecule has 3 amide bonds. The minimum atomic E-state index is -1.13. The second-order valence-corrected chi connectivity index (χ2v) is 6.93. The number of fused-ring (bicyclic) bond motifs is 4. The molecular weight excluding hydrogens is 306 g/mol. The van der Waals surface area contributed by atoms with E-state index >= 15 is 0 Å². The third-order valence-corrected chi connectivity index (χ3v) is 5.60. The molecule has 0 unspecified atom stereocenters. The zero-order valence-corrected chi connectivity index (χ0v) is 13.8. The number of hydrogen-bond donors (Lipinski definition) is 2. The lowest BCUT2D eigenvalue weighted by Crippen LogP contribution is -2.52. The summed E-state index contributed by atoms with van der Waals surface area (Å²) in [6, 6.07) is 7.18. The van der Waals surface area contributed by atoms with Crippen LogP contribution in [0.3, 0.4) is 0 Å². The van der Waals surface area contributed by atoms with E-state index in [1.807, 2.05) is 38.1 Å². The van der Waals surface area contributed by atoms with Crippen LogP contribution in [0, 0.1) is 11.8 Å². The normalized spacial score (nSPS) is 34.0. The molecule has 2 fully saturated rings. The average molecular weight is 327 g/mol. The van der Waals surface area contributed by atoms with E-state index in [1.165, 1.54) is 4.90 Å². The number of imide groups is 1. The van der Waals surface area contributed by atoms with E-state index in [9.17, 15) is 14.4 Å². The van der Waals surface area contributed by atoms with E-state index in [1.54, 1.807) is 0 Å². The van der Waals surface area contributed by atoms with Gasteiger partial charge in [0.15, 0.2) is 0 Å². The van der Waals surface area contributed by atoms with Crippen molar-refractivity contribution in [3.8, 4) is 0 Å². The van der Waals surface area contributed by atoms with Crippen molar-refractivity contribution in [2.45, 2.75) is 38.3 Å². The number of benzene rings is 1. The highest BCUT2D eigenvalue weighted by Gasteiger charge is 2.69. The molecule has 3 aliphatic heterocycles. The summed E-state index contributed by atoms with van der Waals surface area (Å²) in [5.74, 6) is -1.75. The second kappa shape index (κ2) is 5.14. The Hall–Kier alpha value is -2.21. The molecule has 2 N–H and O–H groups in total. The van der Waals surface area contributed by atoms with E-state index in [-0.39, 0.29) is 23.8 Å². The molecule has 3 heterocycles. The number of anilines is 1. The zero-order chi connectivity index (χ0) is 17.1. The summed E-state index contributed by atoms with van der Waals surface area (Å²) < 4.78 is 0. The number of unbranched alkanes of at least 4 members (excludes halogenated alkanes) is 1. The van der Waals surface area contributed by atoms with Gasteiger partial charge in [0.2, 0.25) is 17.7 Å². The Morgan fingerprint density at radius 2 is 1.92 bits per heavy atom. The number of carbonyl (C=O) groups excluding carboxylic acids is 3. The number of hydrogen-bond acceptors (Lipinski definition) is 4. The SMILES string of the molecule is CCCCN1C(=O)[C@H]2[C@@H](C1=O)[C@]1(N[C@@H]2C)C(=O)Nc2ccccc21. The smallest absolute Gasteiger partial charge is 0.250 e. The van der Waals surface area contributed by atoms with Gasteiger partial charge in [-0.2, -0.15) is 0 Å². The molecule has 0 aliphatic carbocycles. The van der Waals surface area contributed by atoms with Crippen molar-refractivity contribution in [3.63, 3.8) is 0 Å². The van der Waals surface area contributed by atoms with Crippen molar-refractivity contribution in [2.75, 3.05) is 11.9 Å². The molecule has 2 saturated heterocycles.